The van der Waals surface area contributed by atoms with Crippen LogP contribution in [0.15, 0.2) is 36.8 Å². The number of tetrazole rings is 1. The molecule has 1 aliphatic heterocycles. The van der Waals surface area contributed by atoms with Gasteiger partial charge < -0.3 is 5.32 Å². The SMILES string of the molecule is c1ccc2c(c1)Nc1ncncc1-c1nnnn1-2. The van der Waals surface area contributed by atoms with Crippen LogP contribution in [0.1, 0.15) is 0 Å². The second-order valence-electron chi connectivity index (χ2n) is 3.84. The average molecular weight is 237 g/mol. The lowest BCUT2D eigenvalue weighted by molar-refractivity contribution is 0.793. The summed E-state index contributed by atoms with van der Waals surface area (Å²) in [6.45, 7) is 0. The second kappa shape index (κ2) is 3.33. The highest BCUT2D eigenvalue weighted by molar-refractivity contribution is 5.80. The van der Waals surface area contributed by atoms with Gasteiger partial charge in [-0.3, -0.25) is 0 Å². The Kier molecular flexibility index (Phi) is 1.71. The third-order valence-electron chi connectivity index (χ3n) is 2.81. The molecule has 18 heavy (non-hydrogen) atoms. The number of hydrogen-bond acceptors (Lipinski definition) is 6. The molecule has 0 bridgehead atoms. The van der Waals surface area contributed by atoms with Crippen molar-refractivity contribution in [3.8, 4) is 17.1 Å². The zero-order valence-corrected chi connectivity index (χ0v) is 9.15. The van der Waals surface area contributed by atoms with Crippen LogP contribution in [0, 0.1) is 0 Å². The lowest BCUT2D eigenvalue weighted by Crippen LogP contribution is -1.99. The Morgan fingerprint density at radius 3 is 3.11 bits per heavy atom. The van der Waals surface area contributed by atoms with E-state index in [1.165, 1.54) is 6.33 Å². The first-order valence-corrected chi connectivity index (χ1v) is 5.39. The molecule has 0 saturated carbocycles. The molecule has 86 valence electrons. The van der Waals surface area contributed by atoms with Gasteiger partial charge in [-0.1, -0.05) is 12.1 Å². The van der Waals surface area contributed by atoms with E-state index in [1.807, 2.05) is 24.3 Å². The summed E-state index contributed by atoms with van der Waals surface area (Å²) in [5, 5.41) is 15.0. The van der Waals surface area contributed by atoms with Crippen molar-refractivity contribution in [2.24, 2.45) is 0 Å². The van der Waals surface area contributed by atoms with Gasteiger partial charge in [-0.15, -0.1) is 5.10 Å². The van der Waals surface area contributed by atoms with Gasteiger partial charge in [0.05, 0.1) is 16.9 Å². The number of benzene rings is 1. The lowest BCUT2D eigenvalue weighted by atomic mass is 10.2. The van der Waals surface area contributed by atoms with Gasteiger partial charge in [0.2, 0.25) is 0 Å². The summed E-state index contributed by atoms with van der Waals surface area (Å²) in [5.74, 6) is 1.33. The molecular weight excluding hydrogens is 230 g/mol. The van der Waals surface area contributed by atoms with Crippen LogP contribution in [0.3, 0.4) is 0 Å². The molecule has 3 aromatic rings. The fraction of sp³-hybridized carbons (Fsp3) is 0. The normalized spacial score (nSPS) is 11.8. The van der Waals surface area contributed by atoms with Crippen molar-refractivity contribution in [1.29, 1.82) is 0 Å². The third-order valence-corrected chi connectivity index (χ3v) is 2.81. The van der Waals surface area contributed by atoms with Gasteiger partial charge in [-0.2, -0.15) is 4.68 Å². The van der Waals surface area contributed by atoms with Crippen molar-refractivity contribution >= 4 is 11.5 Å². The maximum atomic E-state index is 4.23. The predicted molar refractivity (Wildman–Crippen MR) is 63.5 cm³/mol. The van der Waals surface area contributed by atoms with Crippen LogP contribution in [0.2, 0.25) is 0 Å². The van der Waals surface area contributed by atoms with Crippen LogP contribution in [-0.4, -0.2) is 30.2 Å². The Hall–Kier alpha value is -2.83. The molecule has 0 saturated heterocycles. The first-order chi connectivity index (χ1) is 8.93. The van der Waals surface area contributed by atoms with Crippen LogP contribution in [0.4, 0.5) is 11.5 Å². The molecule has 0 aliphatic carbocycles. The topological polar surface area (TPSA) is 81.4 Å². The Bertz CT molecular complexity index is 674. The molecule has 2 aromatic heterocycles. The Morgan fingerprint density at radius 2 is 2.11 bits per heavy atom. The molecule has 7 nitrogen and oxygen atoms in total. The fourth-order valence-electron chi connectivity index (χ4n) is 2.00. The minimum Gasteiger partial charge on any atom is -0.338 e. The first kappa shape index (κ1) is 9.23. The number of fused-ring (bicyclic) bond motifs is 5. The number of para-hydroxylation sites is 2. The van der Waals surface area contributed by atoms with E-state index >= 15 is 0 Å². The summed E-state index contributed by atoms with van der Waals surface area (Å²) in [4.78, 5) is 8.25. The lowest BCUT2D eigenvalue weighted by Gasteiger charge is -2.06. The van der Waals surface area contributed by atoms with Crippen molar-refractivity contribution < 1.29 is 0 Å². The smallest absolute Gasteiger partial charge is 0.192 e. The fourth-order valence-corrected chi connectivity index (χ4v) is 2.00. The van der Waals surface area contributed by atoms with Crippen molar-refractivity contribution in [2.45, 2.75) is 0 Å². The quantitative estimate of drug-likeness (QED) is 0.494. The largest absolute Gasteiger partial charge is 0.338 e. The number of aromatic nitrogens is 6. The zero-order valence-electron chi connectivity index (χ0n) is 9.15. The zero-order chi connectivity index (χ0) is 11.9. The molecule has 7 heteroatoms. The minimum atomic E-state index is 0.628. The molecule has 3 heterocycles. The highest BCUT2D eigenvalue weighted by atomic mass is 15.5. The minimum absolute atomic E-state index is 0.628. The number of nitrogens with one attached hydrogen (secondary N) is 1. The monoisotopic (exact) mass is 237 g/mol. The molecule has 0 spiro atoms. The summed E-state index contributed by atoms with van der Waals surface area (Å²) >= 11 is 0. The highest BCUT2D eigenvalue weighted by Crippen LogP contribution is 2.34. The summed E-state index contributed by atoms with van der Waals surface area (Å²) < 4.78 is 1.68. The summed E-state index contributed by atoms with van der Waals surface area (Å²) in [6, 6.07) is 7.79. The van der Waals surface area contributed by atoms with Crippen molar-refractivity contribution in [3.05, 3.63) is 36.8 Å². The first-order valence-electron chi connectivity index (χ1n) is 5.39. The molecule has 4 rings (SSSR count). The molecular formula is C11H7N7. The van der Waals surface area contributed by atoms with E-state index in [1.54, 1.807) is 10.9 Å². The van der Waals surface area contributed by atoms with Gasteiger partial charge in [0.15, 0.2) is 5.82 Å². The molecule has 1 aromatic carbocycles. The molecule has 0 unspecified atom stereocenters. The number of anilines is 2. The maximum Gasteiger partial charge on any atom is 0.192 e. The maximum absolute atomic E-state index is 4.23. The summed E-state index contributed by atoms with van der Waals surface area (Å²) in [6.07, 6.45) is 3.19. The molecule has 0 radical (unpaired) electrons. The molecule has 0 fully saturated rings. The van der Waals surface area contributed by atoms with Gasteiger partial charge in [0.25, 0.3) is 0 Å². The molecule has 0 atom stereocenters. The van der Waals surface area contributed by atoms with Gasteiger partial charge in [0.1, 0.15) is 12.1 Å². The van der Waals surface area contributed by atoms with Crippen LogP contribution >= 0.6 is 0 Å². The van der Waals surface area contributed by atoms with Gasteiger partial charge >= 0.3 is 0 Å². The molecule has 0 amide bonds. The second-order valence-corrected chi connectivity index (χ2v) is 3.84. The van der Waals surface area contributed by atoms with Crippen LogP contribution < -0.4 is 5.32 Å². The third kappa shape index (κ3) is 1.15. The van der Waals surface area contributed by atoms with Crippen molar-refractivity contribution in [3.63, 3.8) is 0 Å². The van der Waals surface area contributed by atoms with E-state index in [9.17, 15) is 0 Å². The Labute approximate surface area is 102 Å². The van der Waals surface area contributed by atoms with Gasteiger partial charge in [0, 0.05) is 6.20 Å². The van der Waals surface area contributed by atoms with Gasteiger partial charge in [-0.25, -0.2) is 9.97 Å². The van der Waals surface area contributed by atoms with Crippen LogP contribution in [0.5, 0.6) is 0 Å². The van der Waals surface area contributed by atoms with Crippen molar-refractivity contribution in [1.82, 2.24) is 30.2 Å². The molecule has 1 N–H and O–H groups in total. The summed E-state index contributed by atoms with van der Waals surface area (Å²) in [7, 11) is 0. The van der Waals surface area contributed by atoms with E-state index in [0.717, 1.165) is 16.9 Å². The van der Waals surface area contributed by atoms with E-state index in [2.05, 4.69) is 30.8 Å². The number of hydrogen-bond donors (Lipinski definition) is 1. The van der Waals surface area contributed by atoms with Gasteiger partial charge in [-0.05, 0) is 22.6 Å². The van der Waals surface area contributed by atoms with E-state index in [4.69, 9.17) is 0 Å². The van der Waals surface area contributed by atoms with E-state index in [-0.39, 0.29) is 0 Å². The number of rotatable bonds is 0. The Morgan fingerprint density at radius 1 is 1.17 bits per heavy atom. The average Bonchev–Trinajstić information content (AvgIpc) is 2.84. The standard InChI is InChI=1S/C11H7N7/c1-2-4-9-8(3-1)14-10-7(5-12-6-13-10)11-15-16-17-18(9)11/h1-6H,(H,12,13,14). The predicted octanol–water partition coefficient (Wildman–Crippen LogP) is 1.18. The highest BCUT2D eigenvalue weighted by Gasteiger charge is 2.21. The number of nitrogens with zero attached hydrogens (tertiary/aromatic N) is 6. The molecule has 1 aliphatic rings. The van der Waals surface area contributed by atoms with Crippen LogP contribution in [0.25, 0.3) is 17.1 Å². The van der Waals surface area contributed by atoms with E-state index < -0.39 is 0 Å². The Balaban J connectivity index is 2.12. The van der Waals surface area contributed by atoms with Crippen LogP contribution in [-0.2, 0) is 0 Å². The van der Waals surface area contributed by atoms with Crippen molar-refractivity contribution in [2.75, 3.05) is 5.32 Å². The summed E-state index contributed by atoms with van der Waals surface area (Å²) in [5.41, 5.74) is 2.57. The van der Waals surface area contributed by atoms with E-state index in [0.29, 0.717) is 11.6 Å².